The van der Waals surface area contributed by atoms with Crippen molar-refractivity contribution in [1.29, 1.82) is 0 Å². The fourth-order valence-electron chi connectivity index (χ4n) is 2.40. The summed E-state index contributed by atoms with van der Waals surface area (Å²) in [5.41, 5.74) is 2.03. The first kappa shape index (κ1) is 14.8. The fourth-order valence-corrected chi connectivity index (χ4v) is 3.14. The molecule has 0 amide bonds. The Kier molecular flexibility index (Phi) is 4.96. The predicted octanol–water partition coefficient (Wildman–Crippen LogP) is 1.76. The van der Waals surface area contributed by atoms with E-state index >= 15 is 0 Å². The van der Waals surface area contributed by atoms with Crippen LogP contribution >= 0.6 is 11.8 Å². The zero-order valence-electron chi connectivity index (χ0n) is 11.2. The molecule has 1 fully saturated rings. The number of nitrogens with two attached hydrogens (primary N) is 1. The van der Waals surface area contributed by atoms with Crippen LogP contribution in [0, 0.1) is 10.1 Å². The van der Waals surface area contributed by atoms with Gasteiger partial charge in [0.25, 0.3) is 0 Å². The molecule has 1 heterocycles. The van der Waals surface area contributed by atoms with Crippen LogP contribution in [0.4, 0.5) is 17.3 Å². The van der Waals surface area contributed by atoms with Crippen molar-refractivity contribution >= 4 is 29.1 Å². The quantitative estimate of drug-likeness (QED) is 0.427. The third-order valence-electron chi connectivity index (χ3n) is 3.49. The average Bonchev–Trinajstić information content (AvgIpc) is 2.47. The number of nitro groups is 1. The van der Waals surface area contributed by atoms with Crippen molar-refractivity contribution in [3.05, 3.63) is 16.4 Å². The van der Waals surface area contributed by atoms with Gasteiger partial charge in [-0.1, -0.05) is 0 Å². The summed E-state index contributed by atoms with van der Waals surface area (Å²) in [5.74, 6) is 5.50. The number of anilines is 2. The normalized spacial score (nSPS) is 22.3. The standard InChI is InChI=1S/C11H18N6O2S/c1-20-8-4-2-7(3-5-8)15-10-9(17(18)19)11(16-12)14-6-13-10/h6-8H,2-5,12H2,1H3,(H2,13,14,15,16). The molecule has 0 spiro atoms. The van der Waals surface area contributed by atoms with Crippen LogP contribution in [-0.4, -0.2) is 32.4 Å². The van der Waals surface area contributed by atoms with Gasteiger partial charge >= 0.3 is 5.69 Å². The van der Waals surface area contributed by atoms with Gasteiger partial charge < -0.3 is 10.7 Å². The molecule has 1 aliphatic carbocycles. The molecule has 0 aliphatic heterocycles. The van der Waals surface area contributed by atoms with Crippen molar-refractivity contribution < 1.29 is 4.92 Å². The molecule has 1 aromatic rings. The van der Waals surface area contributed by atoms with E-state index in [4.69, 9.17) is 5.84 Å². The number of aromatic nitrogens is 2. The topological polar surface area (TPSA) is 119 Å². The summed E-state index contributed by atoms with van der Waals surface area (Å²) in [6.45, 7) is 0. The monoisotopic (exact) mass is 298 g/mol. The molecule has 20 heavy (non-hydrogen) atoms. The molecule has 2 rings (SSSR count). The van der Waals surface area contributed by atoms with E-state index in [1.807, 2.05) is 11.8 Å². The number of nitrogens with one attached hydrogen (secondary N) is 2. The molecule has 0 bridgehead atoms. The summed E-state index contributed by atoms with van der Waals surface area (Å²) in [6, 6.07) is 0.206. The first-order valence-electron chi connectivity index (χ1n) is 6.41. The van der Waals surface area contributed by atoms with E-state index in [0.717, 1.165) is 25.7 Å². The lowest BCUT2D eigenvalue weighted by atomic mass is 9.95. The van der Waals surface area contributed by atoms with Crippen LogP contribution in [-0.2, 0) is 0 Å². The summed E-state index contributed by atoms with van der Waals surface area (Å²) in [7, 11) is 0. The Morgan fingerprint density at radius 3 is 2.55 bits per heavy atom. The Balaban J connectivity index is 2.12. The van der Waals surface area contributed by atoms with E-state index in [2.05, 4.69) is 27.0 Å². The van der Waals surface area contributed by atoms with Gasteiger partial charge in [0.05, 0.1) is 4.92 Å². The molecule has 0 aromatic carbocycles. The molecule has 1 aliphatic rings. The maximum Gasteiger partial charge on any atom is 0.354 e. The SMILES string of the molecule is CSC1CCC(Nc2ncnc(NN)c2[N+](=O)[O-])CC1. The lowest BCUT2D eigenvalue weighted by Gasteiger charge is -2.28. The van der Waals surface area contributed by atoms with E-state index in [9.17, 15) is 10.1 Å². The van der Waals surface area contributed by atoms with Crippen LogP contribution in [0.25, 0.3) is 0 Å². The maximum atomic E-state index is 11.1. The number of nitrogen functional groups attached to an aromatic ring is 1. The van der Waals surface area contributed by atoms with Crippen LogP contribution in [0.3, 0.4) is 0 Å². The van der Waals surface area contributed by atoms with Crippen molar-refractivity contribution in [1.82, 2.24) is 9.97 Å². The minimum absolute atomic E-state index is 0.0188. The zero-order valence-corrected chi connectivity index (χ0v) is 12.0. The molecule has 8 nitrogen and oxygen atoms in total. The van der Waals surface area contributed by atoms with Gasteiger partial charge in [-0.2, -0.15) is 11.8 Å². The summed E-state index contributed by atoms with van der Waals surface area (Å²) in [6.07, 6.45) is 7.57. The Morgan fingerprint density at radius 2 is 2.00 bits per heavy atom. The first-order chi connectivity index (χ1) is 9.65. The van der Waals surface area contributed by atoms with E-state index in [-0.39, 0.29) is 23.4 Å². The second-order valence-corrected chi connectivity index (χ2v) is 5.81. The molecule has 0 radical (unpaired) electrons. The number of thioether (sulfide) groups is 1. The Hall–Kier alpha value is -1.61. The third-order valence-corrected chi connectivity index (χ3v) is 4.63. The minimum Gasteiger partial charge on any atom is -0.361 e. The molecule has 9 heteroatoms. The Morgan fingerprint density at radius 1 is 1.35 bits per heavy atom. The molecular weight excluding hydrogens is 280 g/mol. The number of nitrogens with zero attached hydrogens (tertiary/aromatic N) is 3. The molecule has 0 unspecified atom stereocenters. The van der Waals surface area contributed by atoms with Gasteiger partial charge in [0.15, 0.2) is 0 Å². The van der Waals surface area contributed by atoms with Crippen LogP contribution in [0.15, 0.2) is 6.33 Å². The van der Waals surface area contributed by atoms with Crippen LogP contribution in [0.1, 0.15) is 25.7 Å². The van der Waals surface area contributed by atoms with Gasteiger partial charge in [0, 0.05) is 11.3 Å². The largest absolute Gasteiger partial charge is 0.361 e. The summed E-state index contributed by atoms with van der Waals surface area (Å²) in [4.78, 5) is 18.3. The zero-order chi connectivity index (χ0) is 14.5. The predicted molar refractivity (Wildman–Crippen MR) is 79.7 cm³/mol. The van der Waals surface area contributed by atoms with E-state index in [0.29, 0.717) is 5.25 Å². The second-order valence-electron chi connectivity index (χ2n) is 4.67. The Bertz CT molecular complexity index is 478. The molecule has 1 aromatic heterocycles. The van der Waals surface area contributed by atoms with Gasteiger partial charge in [0.1, 0.15) is 6.33 Å². The second kappa shape index (κ2) is 6.71. The van der Waals surface area contributed by atoms with Gasteiger partial charge in [-0.15, -0.1) is 0 Å². The lowest BCUT2D eigenvalue weighted by Crippen LogP contribution is -2.28. The summed E-state index contributed by atoms with van der Waals surface area (Å²) >= 11 is 1.88. The number of hydrogen-bond donors (Lipinski definition) is 3. The molecule has 1 saturated carbocycles. The molecule has 4 N–H and O–H groups in total. The smallest absolute Gasteiger partial charge is 0.354 e. The van der Waals surface area contributed by atoms with Crippen molar-refractivity contribution in [2.75, 3.05) is 17.0 Å². The summed E-state index contributed by atoms with van der Waals surface area (Å²) < 4.78 is 0. The third kappa shape index (κ3) is 3.28. The van der Waals surface area contributed by atoms with Crippen molar-refractivity contribution in [2.45, 2.75) is 37.0 Å². The van der Waals surface area contributed by atoms with Crippen LogP contribution in [0.5, 0.6) is 0 Å². The average molecular weight is 298 g/mol. The molecular formula is C11H18N6O2S. The van der Waals surface area contributed by atoms with E-state index in [1.54, 1.807) is 0 Å². The van der Waals surface area contributed by atoms with Gasteiger partial charge in [0.2, 0.25) is 11.6 Å². The highest BCUT2D eigenvalue weighted by atomic mass is 32.2. The minimum atomic E-state index is -0.523. The molecule has 0 saturated heterocycles. The van der Waals surface area contributed by atoms with Crippen molar-refractivity contribution in [2.24, 2.45) is 5.84 Å². The summed E-state index contributed by atoms with van der Waals surface area (Å²) in [5, 5.41) is 15.0. The fraction of sp³-hybridized carbons (Fsp3) is 0.636. The number of hydrogen-bond acceptors (Lipinski definition) is 8. The molecule has 110 valence electrons. The van der Waals surface area contributed by atoms with Crippen LogP contribution < -0.4 is 16.6 Å². The number of hydrazine groups is 1. The number of rotatable bonds is 5. The lowest BCUT2D eigenvalue weighted by molar-refractivity contribution is -0.383. The highest BCUT2D eigenvalue weighted by Crippen LogP contribution is 2.32. The van der Waals surface area contributed by atoms with Crippen molar-refractivity contribution in [3.8, 4) is 0 Å². The highest BCUT2D eigenvalue weighted by Gasteiger charge is 2.26. The Labute approximate surface area is 121 Å². The van der Waals surface area contributed by atoms with E-state index < -0.39 is 4.92 Å². The molecule has 0 atom stereocenters. The van der Waals surface area contributed by atoms with Gasteiger partial charge in [-0.25, -0.2) is 15.8 Å². The maximum absolute atomic E-state index is 11.1. The van der Waals surface area contributed by atoms with E-state index in [1.165, 1.54) is 6.33 Å². The van der Waals surface area contributed by atoms with Crippen molar-refractivity contribution in [3.63, 3.8) is 0 Å². The first-order valence-corrected chi connectivity index (χ1v) is 7.69. The van der Waals surface area contributed by atoms with Gasteiger partial charge in [-0.05, 0) is 31.9 Å². The van der Waals surface area contributed by atoms with Crippen LogP contribution in [0.2, 0.25) is 0 Å². The highest BCUT2D eigenvalue weighted by molar-refractivity contribution is 7.99. The van der Waals surface area contributed by atoms with Gasteiger partial charge in [-0.3, -0.25) is 10.1 Å².